The van der Waals surface area contributed by atoms with E-state index in [9.17, 15) is 4.79 Å². The summed E-state index contributed by atoms with van der Waals surface area (Å²) in [6, 6.07) is 11.7. The van der Waals surface area contributed by atoms with Gasteiger partial charge in [-0.1, -0.05) is 18.2 Å². The number of aromatic nitrogens is 2. The fraction of sp³-hybridized carbons (Fsp3) is 0.267. The quantitative estimate of drug-likeness (QED) is 0.635. The third-order valence-electron chi connectivity index (χ3n) is 2.64. The Morgan fingerprint density at radius 3 is 2.81 bits per heavy atom. The molecule has 2 aromatic rings. The van der Waals surface area contributed by atoms with Crippen LogP contribution in [0.3, 0.4) is 0 Å². The van der Waals surface area contributed by atoms with Crippen molar-refractivity contribution in [3.05, 3.63) is 48.3 Å². The maximum Gasteiger partial charge on any atom is 0.321 e. The summed E-state index contributed by atoms with van der Waals surface area (Å²) in [6.07, 6.45) is 2.52. The molecule has 0 atom stereocenters. The van der Waals surface area contributed by atoms with Crippen molar-refractivity contribution in [2.45, 2.75) is 18.2 Å². The van der Waals surface area contributed by atoms with Crippen LogP contribution in [-0.2, 0) is 0 Å². The molecular weight excluding hydrogens is 284 g/mol. The molecule has 1 aromatic heterocycles. The normalized spacial score (nSPS) is 10.1. The second kappa shape index (κ2) is 8.26. The summed E-state index contributed by atoms with van der Waals surface area (Å²) >= 11 is 1.78. The second-order valence-corrected chi connectivity index (χ2v) is 5.59. The minimum atomic E-state index is -0.273. The first-order valence-corrected chi connectivity index (χ1v) is 7.75. The van der Waals surface area contributed by atoms with Gasteiger partial charge in [0.1, 0.15) is 0 Å². The molecule has 0 bridgehead atoms. The van der Waals surface area contributed by atoms with Crippen molar-refractivity contribution in [2.24, 2.45) is 0 Å². The van der Waals surface area contributed by atoms with E-state index in [1.807, 2.05) is 25.1 Å². The van der Waals surface area contributed by atoms with Gasteiger partial charge in [-0.15, -0.1) is 11.8 Å². The zero-order valence-corrected chi connectivity index (χ0v) is 12.7. The van der Waals surface area contributed by atoms with Gasteiger partial charge in [0.25, 0.3) is 0 Å². The van der Waals surface area contributed by atoms with Crippen LogP contribution in [0.25, 0.3) is 0 Å². The van der Waals surface area contributed by atoms with Crippen molar-refractivity contribution in [2.75, 3.05) is 17.6 Å². The predicted molar refractivity (Wildman–Crippen MR) is 85.6 cm³/mol. The van der Waals surface area contributed by atoms with Gasteiger partial charge >= 0.3 is 6.03 Å². The summed E-state index contributed by atoms with van der Waals surface area (Å²) in [6.45, 7) is 2.48. The largest absolute Gasteiger partial charge is 0.338 e. The van der Waals surface area contributed by atoms with E-state index in [-0.39, 0.29) is 6.03 Å². The van der Waals surface area contributed by atoms with Crippen LogP contribution >= 0.6 is 11.8 Å². The monoisotopic (exact) mass is 302 g/mol. The smallest absolute Gasteiger partial charge is 0.321 e. The molecule has 1 heterocycles. The van der Waals surface area contributed by atoms with Crippen molar-refractivity contribution in [1.82, 2.24) is 15.3 Å². The van der Waals surface area contributed by atoms with Gasteiger partial charge in [-0.2, -0.15) is 0 Å². The van der Waals surface area contributed by atoms with Crippen molar-refractivity contribution >= 4 is 23.7 Å². The molecule has 0 aliphatic rings. The summed E-state index contributed by atoms with van der Waals surface area (Å²) in [4.78, 5) is 21.0. The summed E-state index contributed by atoms with van der Waals surface area (Å²) in [5.41, 5.74) is 0.819. The van der Waals surface area contributed by atoms with E-state index in [4.69, 9.17) is 0 Å². The van der Waals surface area contributed by atoms with Crippen LogP contribution in [-0.4, -0.2) is 28.3 Å². The van der Waals surface area contributed by atoms with Gasteiger partial charge < -0.3 is 5.32 Å². The Hall–Kier alpha value is -2.08. The lowest BCUT2D eigenvalue weighted by Crippen LogP contribution is -2.30. The Bertz CT molecular complexity index is 577. The molecule has 0 spiro atoms. The molecule has 0 fully saturated rings. The number of thioether (sulfide) groups is 1. The number of nitrogens with zero attached hydrogens (tertiary/aromatic N) is 2. The van der Waals surface area contributed by atoms with E-state index in [0.29, 0.717) is 12.5 Å². The van der Waals surface area contributed by atoms with E-state index in [1.54, 1.807) is 24.0 Å². The maximum absolute atomic E-state index is 11.6. The van der Waals surface area contributed by atoms with Crippen molar-refractivity contribution in [3.63, 3.8) is 0 Å². The molecule has 21 heavy (non-hydrogen) atoms. The van der Waals surface area contributed by atoms with Gasteiger partial charge in [-0.05, 0) is 37.3 Å². The van der Waals surface area contributed by atoms with Crippen LogP contribution in [0.15, 0.2) is 47.5 Å². The highest BCUT2D eigenvalue weighted by Gasteiger charge is 2.03. The molecule has 0 unspecified atom stereocenters. The first-order valence-electron chi connectivity index (χ1n) is 6.76. The van der Waals surface area contributed by atoms with E-state index in [0.717, 1.165) is 17.9 Å². The molecule has 1 aromatic carbocycles. The number of carbonyl (C=O) groups is 1. The molecule has 0 saturated heterocycles. The Kier molecular flexibility index (Phi) is 6.02. The first-order chi connectivity index (χ1) is 10.2. The Morgan fingerprint density at radius 1 is 1.24 bits per heavy atom. The van der Waals surface area contributed by atoms with Crippen molar-refractivity contribution in [3.8, 4) is 0 Å². The van der Waals surface area contributed by atoms with E-state index >= 15 is 0 Å². The summed E-state index contributed by atoms with van der Waals surface area (Å²) in [5, 5.41) is 5.41. The summed E-state index contributed by atoms with van der Waals surface area (Å²) in [7, 11) is 0. The van der Waals surface area contributed by atoms with Crippen LogP contribution in [0.1, 0.15) is 12.1 Å². The molecule has 0 aliphatic carbocycles. The Morgan fingerprint density at radius 2 is 2.05 bits per heavy atom. The molecule has 2 amide bonds. The zero-order chi connectivity index (χ0) is 14.9. The highest BCUT2D eigenvalue weighted by molar-refractivity contribution is 7.99. The van der Waals surface area contributed by atoms with E-state index in [1.165, 1.54) is 4.90 Å². The van der Waals surface area contributed by atoms with Crippen molar-refractivity contribution in [1.29, 1.82) is 0 Å². The molecular formula is C15H18N4OS. The average Bonchev–Trinajstić information content (AvgIpc) is 2.48. The molecule has 0 aliphatic heterocycles. The Labute approximate surface area is 128 Å². The van der Waals surface area contributed by atoms with E-state index < -0.39 is 0 Å². The molecule has 0 saturated carbocycles. The number of carbonyl (C=O) groups excluding carboxylic acids is 1. The van der Waals surface area contributed by atoms with Gasteiger partial charge in [-0.3, -0.25) is 5.32 Å². The fourth-order valence-corrected chi connectivity index (χ4v) is 2.51. The van der Waals surface area contributed by atoms with Crippen LogP contribution in [0.5, 0.6) is 0 Å². The zero-order valence-electron chi connectivity index (χ0n) is 11.9. The molecule has 2 rings (SSSR count). The highest BCUT2D eigenvalue weighted by atomic mass is 32.2. The minimum Gasteiger partial charge on any atom is -0.338 e. The number of hydrogen-bond acceptors (Lipinski definition) is 4. The number of rotatable bonds is 6. The Balaban J connectivity index is 1.61. The third kappa shape index (κ3) is 5.83. The topological polar surface area (TPSA) is 66.9 Å². The minimum absolute atomic E-state index is 0.273. The molecule has 0 radical (unpaired) electrons. The van der Waals surface area contributed by atoms with Gasteiger partial charge in [0.05, 0.1) is 0 Å². The standard InChI is InChI=1S/C15H18N4OS/c1-12-8-10-16-14(18-12)19-15(20)17-9-5-11-21-13-6-3-2-4-7-13/h2-4,6-8,10H,5,9,11H2,1H3,(H2,16,17,18,19,20). The van der Waals surface area contributed by atoms with Crippen molar-refractivity contribution < 1.29 is 4.79 Å². The van der Waals surface area contributed by atoms with E-state index in [2.05, 4.69) is 32.7 Å². The number of benzene rings is 1. The van der Waals surface area contributed by atoms with Crippen LogP contribution < -0.4 is 10.6 Å². The van der Waals surface area contributed by atoms with Gasteiger partial charge in [0.15, 0.2) is 0 Å². The number of anilines is 1. The molecule has 2 N–H and O–H groups in total. The SMILES string of the molecule is Cc1ccnc(NC(=O)NCCCSc2ccccc2)n1. The third-order valence-corrected chi connectivity index (χ3v) is 3.74. The van der Waals surface area contributed by atoms with Gasteiger partial charge in [0.2, 0.25) is 5.95 Å². The number of hydrogen-bond donors (Lipinski definition) is 2. The first kappa shape index (κ1) is 15.3. The van der Waals surface area contributed by atoms with Crippen LogP contribution in [0.4, 0.5) is 10.7 Å². The molecule has 6 heteroatoms. The lowest BCUT2D eigenvalue weighted by Gasteiger charge is -2.06. The highest BCUT2D eigenvalue weighted by Crippen LogP contribution is 2.17. The molecule has 110 valence electrons. The van der Waals surface area contributed by atoms with Gasteiger partial charge in [-0.25, -0.2) is 14.8 Å². The number of aryl methyl sites for hydroxylation is 1. The summed E-state index contributed by atoms with van der Waals surface area (Å²) in [5.74, 6) is 1.29. The van der Waals surface area contributed by atoms with Crippen LogP contribution in [0, 0.1) is 6.92 Å². The maximum atomic E-state index is 11.6. The lowest BCUT2D eigenvalue weighted by molar-refractivity contribution is 0.252. The fourth-order valence-electron chi connectivity index (χ4n) is 1.64. The summed E-state index contributed by atoms with van der Waals surface area (Å²) < 4.78 is 0. The molecule has 5 nitrogen and oxygen atoms in total. The average molecular weight is 302 g/mol. The second-order valence-electron chi connectivity index (χ2n) is 4.42. The van der Waals surface area contributed by atoms with Gasteiger partial charge in [0, 0.05) is 23.3 Å². The van der Waals surface area contributed by atoms with Crippen LogP contribution in [0.2, 0.25) is 0 Å². The number of amides is 2. The number of urea groups is 1. The lowest BCUT2D eigenvalue weighted by atomic mass is 10.4. The number of nitrogens with one attached hydrogen (secondary N) is 2. The predicted octanol–water partition coefficient (Wildman–Crippen LogP) is 3.09.